The Hall–Kier alpha value is -3.23. The number of amides is 1. The third-order valence-corrected chi connectivity index (χ3v) is 7.11. The van der Waals surface area contributed by atoms with Crippen LogP contribution in [-0.4, -0.2) is 67.7 Å². The standard InChI is InChI=1S/C26H29ClN6O2/c1-31(25(34)7-6-24-30-21-14-18(27)4-5-23(21)32(24)2)16-26(35)10-3-13-33(17-26)22-9-12-29-20-8-11-28-15-19(20)22/h4-5,8-9,11-12,14-15,35H,3,6-7,10,13,16-17H2,1-2H3. The highest BCUT2D eigenvalue weighted by Gasteiger charge is 2.36. The Morgan fingerprint density at radius 3 is 2.94 bits per heavy atom. The summed E-state index contributed by atoms with van der Waals surface area (Å²) in [6.07, 6.45) is 7.66. The van der Waals surface area contributed by atoms with Gasteiger partial charge in [-0.15, -0.1) is 0 Å². The molecule has 9 heteroatoms. The molecule has 0 radical (unpaired) electrons. The molecule has 5 rings (SSSR count). The van der Waals surface area contributed by atoms with Gasteiger partial charge in [0, 0.05) is 74.7 Å². The number of pyridine rings is 2. The molecule has 3 aromatic heterocycles. The second-order valence-electron chi connectivity index (χ2n) is 9.44. The summed E-state index contributed by atoms with van der Waals surface area (Å²) in [5.74, 6) is 0.823. The molecule has 4 aromatic rings. The molecule has 1 N–H and O–H groups in total. The highest BCUT2D eigenvalue weighted by atomic mass is 35.5. The second-order valence-corrected chi connectivity index (χ2v) is 9.88. The van der Waals surface area contributed by atoms with Crippen LogP contribution in [0.15, 0.2) is 48.9 Å². The molecule has 1 saturated heterocycles. The molecule has 0 bridgehead atoms. The number of anilines is 1. The number of β-amino-alcohol motifs (C(OH)–C–C–N with tert-alkyl or cyclic N) is 1. The van der Waals surface area contributed by atoms with Crippen molar-refractivity contribution in [2.24, 2.45) is 7.05 Å². The number of hydrogen-bond acceptors (Lipinski definition) is 6. The van der Waals surface area contributed by atoms with Gasteiger partial charge >= 0.3 is 0 Å². The van der Waals surface area contributed by atoms with Gasteiger partial charge in [0.15, 0.2) is 0 Å². The van der Waals surface area contributed by atoms with Gasteiger partial charge in [-0.25, -0.2) is 4.98 Å². The van der Waals surface area contributed by atoms with Crippen LogP contribution in [0, 0.1) is 0 Å². The lowest BCUT2D eigenvalue weighted by Gasteiger charge is -2.42. The van der Waals surface area contributed by atoms with E-state index in [-0.39, 0.29) is 12.5 Å². The van der Waals surface area contributed by atoms with Crippen molar-refractivity contribution in [1.29, 1.82) is 0 Å². The second kappa shape index (κ2) is 9.43. The van der Waals surface area contributed by atoms with Crippen LogP contribution in [0.4, 0.5) is 5.69 Å². The molecule has 182 valence electrons. The topological polar surface area (TPSA) is 87.4 Å². The van der Waals surface area contributed by atoms with Gasteiger partial charge in [-0.3, -0.25) is 14.8 Å². The first-order chi connectivity index (χ1) is 16.8. The average Bonchev–Trinajstić information content (AvgIpc) is 3.16. The highest BCUT2D eigenvalue weighted by Crippen LogP contribution is 2.31. The molecule has 1 aliphatic heterocycles. The number of benzene rings is 1. The van der Waals surface area contributed by atoms with Crippen LogP contribution in [0.3, 0.4) is 0 Å². The maximum atomic E-state index is 13.0. The number of aliphatic hydroxyl groups is 1. The maximum absolute atomic E-state index is 13.0. The molecule has 8 nitrogen and oxygen atoms in total. The first kappa shape index (κ1) is 23.5. The van der Waals surface area contributed by atoms with E-state index >= 15 is 0 Å². The van der Waals surface area contributed by atoms with E-state index in [0.717, 1.165) is 46.4 Å². The normalized spacial score (nSPS) is 18.3. The zero-order valence-corrected chi connectivity index (χ0v) is 20.7. The molecule has 1 fully saturated rings. The summed E-state index contributed by atoms with van der Waals surface area (Å²) in [6.45, 7) is 1.57. The molecule has 0 saturated carbocycles. The number of imidazole rings is 1. The Balaban J connectivity index is 1.24. The van der Waals surface area contributed by atoms with Crippen molar-refractivity contribution in [2.45, 2.75) is 31.3 Å². The van der Waals surface area contributed by atoms with Gasteiger partial charge in [-0.05, 0) is 43.2 Å². The number of carbonyl (C=O) groups excluding carboxylic acids is 1. The zero-order chi connectivity index (χ0) is 24.6. The smallest absolute Gasteiger partial charge is 0.222 e. The fraction of sp³-hybridized carbons (Fsp3) is 0.385. The van der Waals surface area contributed by atoms with E-state index in [1.807, 2.05) is 48.1 Å². The van der Waals surface area contributed by atoms with Gasteiger partial charge in [-0.2, -0.15) is 0 Å². The lowest BCUT2D eigenvalue weighted by atomic mass is 9.91. The van der Waals surface area contributed by atoms with Crippen LogP contribution >= 0.6 is 11.6 Å². The monoisotopic (exact) mass is 492 g/mol. The van der Waals surface area contributed by atoms with Crippen molar-refractivity contribution >= 4 is 45.1 Å². The van der Waals surface area contributed by atoms with Gasteiger partial charge in [-0.1, -0.05) is 11.6 Å². The molecular formula is C26H29ClN6O2. The number of fused-ring (bicyclic) bond motifs is 2. The molecular weight excluding hydrogens is 464 g/mol. The molecule has 1 aliphatic rings. The summed E-state index contributed by atoms with van der Waals surface area (Å²) < 4.78 is 2.00. The lowest BCUT2D eigenvalue weighted by molar-refractivity contribution is -0.133. The molecule has 0 aliphatic carbocycles. The van der Waals surface area contributed by atoms with Gasteiger partial charge in [0.05, 0.1) is 28.7 Å². The van der Waals surface area contributed by atoms with Crippen LogP contribution in [-0.2, 0) is 18.3 Å². The number of aromatic nitrogens is 4. The minimum Gasteiger partial charge on any atom is -0.386 e. The Labute approximate surface area is 209 Å². The van der Waals surface area contributed by atoms with E-state index < -0.39 is 5.60 Å². The third kappa shape index (κ3) is 4.81. The number of nitrogens with zero attached hydrogens (tertiary/aromatic N) is 6. The molecule has 0 spiro atoms. The summed E-state index contributed by atoms with van der Waals surface area (Å²) in [4.78, 5) is 30.1. The van der Waals surface area contributed by atoms with E-state index in [9.17, 15) is 9.90 Å². The van der Waals surface area contributed by atoms with Gasteiger partial charge < -0.3 is 19.5 Å². The van der Waals surface area contributed by atoms with Crippen molar-refractivity contribution in [3.63, 3.8) is 0 Å². The van der Waals surface area contributed by atoms with Crippen LogP contribution in [0.5, 0.6) is 0 Å². The first-order valence-electron chi connectivity index (χ1n) is 11.8. The molecule has 1 amide bonds. The van der Waals surface area contributed by atoms with Gasteiger partial charge in [0.25, 0.3) is 0 Å². The third-order valence-electron chi connectivity index (χ3n) is 6.87. The minimum atomic E-state index is -0.991. The number of carbonyl (C=O) groups is 1. The summed E-state index contributed by atoms with van der Waals surface area (Å²) in [5, 5.41) is 13.1. The molecule has 1 aromatic carbocycles. The first-order valence-corrected chi connectivity index (χ1v) is 12.2. The summed E-state index contributed by atoms with van der Waals surface area (Å²) in [6, 6.07) is 9.47. The number of hydrogen-bond donors (Lipinski definition) is 1. The number of piperidine rings is 1. The quantitative estimate of drug-likeness (QED) is 0.442. The van der Waals surface area contributed by atoms with E-state index in [0.29, 0.717) is 30.8 Å². The van der Waals surface area contributed by atoms with E-state index in [1.165, 1.54) is 0 Å². The fourth-order valence-corrected chi connectivity index (χ4v) is 5.25. The number of halogens is 1. The largest absolute Gasteiger partial charge is 0.386 e. The summed E-state index contributed by atoms with van der Waals surface area (Å²) in [7, 11) is 3.71. The molecule has 1 atom stereocenters. The molecule has 4 heterocycles. The number of aryl methyl sites for hydroxylation is 2. The van der Waals surface area contributed by atoms with Gasteiger partial charge in [0.2, 0.25) is 5.91 Å². The van der Waals surface area contributed by atoms with Crippen LogP contribution < -0.4 is 4.90 Å². The lowest BCUT2D eigenvalue weighted by Crippen LogP contribution is -2.54. The molecule has 1 unspecified atom stereocenters. The van der Waals surface area contributed by atoms with E-state index in [4.69, 9.17) is 11.6 Å². The summed E-state index contributed by atoms with van der Waals surface area (Å²) >= 11 is 6.09. The highest BCUT2D eigenvalue weighted by molar-refractivity contribution is 6.31. The van der Waals surface area contributed by atoms with Crippen LogP contribution in [0.2, 0.25) is 5.02 Å². The van der Waals surface area contributed by atoms with Crippen LogP contribution in [0.25, 0.3) is 21.9 Å². The van der Waals surface area contributed by atoms with Crippen molar-refractivity contribution in [3.05, 3.63) is 59.8 Å². The fourth-order valence-electron chi connectivity index (χ4n) is 5.08. The Morgan fingerprint density at radius 2 is 2.09 bits per heavy atom. The zero-order valence-electron chi connectivity index (χ0n) is 20.0. The maximum Gasteiger partial charge on any atom is 0.222 e. The minimum absolute atomic E-state index is 0.0146. The van der Waals surface area contributed by atoms with Gasteiger partial charge in [0.1, 0.15) is 5.82 Å². The SMILES string of the molecule is CN(CC1(O)CCCN(c2ccnc3ccncc23)C1)C(=O)CCc1nc2cc(Cl)ccc2n1C. The Kier molecular flexibility index (Phi) is 6.34. The van der Waals surface area contributed by atoms with Crippen molar-refractivity contribution in [1.82, 2.24) is 24.4 Å². The van der Waals surface area contributed by atoms with E-state index in [2.05, 4.69) is 19.9 Å². The predicted octanol–water partition coefficient (Wildman–Crippen LogP) is 3.59. The molecule has 35 heavy (non-hydrogen) atoms. The predicted molar refractivity (Wildman–Crippen MR) is 138 cm³/mol. The van der Waals surface area contributed by atoms with Crippen molar-refractivity contribution in [2.75, 3.05) is 31.6 Å². The Bertz CT molecular complexity index is 1380. The number of rotatable bonds is 6. The number of likely N-dealkylation sites (N-methyl/N-ethyl adjacent to an activating group) is 1. The van der Waals surface area contributed by atoms with E-state index in [1.54, 1.807) is 24.3 Å². The van der Waals surface area contributed by atoms with Crippen LogP contribution in [0.1, 0.15) is 25.1 Å². The summed E-state index contributed by atoms with van der Waals surface area (Å²) in [5.41, 5.74) is 2.71. The average molecular weight is 493 g/mol. The van der Waals surface area contributed by atoms with Crippen molar-refractivity contribution < 1.29 is 9.90 Å². The Morgan fingerprint density at radius 1 is 1.23 bits per heavy atom. The van der Waals surface area contributed by atoms with Crippen molar-refractivity contribution in [3.8, 4) is 0 Å².